The van der Waals surface area contributed by atoms with E-state index in [1.807, 2.05) is 32.9 Å². The first kappa shape index (κ1) is 16.9. The van der Waals surface area contributed by atoms with Gasteiger partial charge in [-0.05, 0) is 49.6 Å². The van der Waals surface area contributed by atoms with Gasteiger partial charge in [-0.2, -0.15) is 5.10 Å². The maximum Gasteiger partial charge on any atom is 0.225 e. The summed E-state index contributed by atoms with van der Waals surface area (Å²) in [6.45, 7) is 5.84. The van der Waals surface area contributed by atoms with Gasteiger partial charge in [-0.15, -0.1) is 0 Å². The fourth-order valence-electron chi connectivity index (χ4n) is 2.88. The summed E-state index contributed by atoms with van der Waals surface area (Å²) >= 11 is 0. The standard InChI is InChI=1S/C20H22N4O/c1-13(22-20(25)12-19-14(2)23-24-15(19)3)16-4-6-17(7-5-16)18-8-10-21-11-9-18/h4-11,13H,12H2,1-3H3,(H,22,25)(H,23,24)/t13-/m0/s1. The molecule has 2 N–H and O–H groups in total. The summed E-state index contributed by atoms with van der Waals surface area (Å²) in [5.74, 6) is -0.00156. The van der Waals surface area contributed by atoms with Crippen molar-refractivity contribution in [3.05, 3.63) is 71.3 Å². The molecular formula is C20H22N4O. The van der Waals surface area contributed by atoms with Crippen molar-refractivity contribution in [3.63, 3.8) is 0 Å². The van der Waals surface area contributed by atoms with Crippen LogP contribution < -0.4 is 5.32 Å². The van der Waals surface area contributed by atoms with Crippen molar-refractivity contribution in [3.8, 4) is 11.1 Å². The second-order valence-electron chi connectivity index (χ2n) is 6.24. The first-order valence-corrected chi connectivity index (χ1v) is 8.34. The average Bonchev–Trinajstić information content (AvgIpc) is 2.94. The van der Waals surface area contributed by atoms with Crippen LogP contribution in [0.2, 0.25) is 0 Å². The molecule has 0 radical (unpaired) electrons. The molecule has 5 heteroatoms. The lowest BCUT2D eigenvalue weighted by atomic mass is 10.0. The van der Waals surface area contributed by atoms with Crippen LogP contribution >= 0.6 is 0 Å². The fraction of sp³-hybridized carbons (Fsp3) is 0.250. The Morgan fingerprint density at radius 3 is 2.32 bits per heavy atom. The minimum atomic E-state index is -0.0495. The van der Waals surface area contributed by atoms with Crippen LogP contribution in [0.15, 0.2) is 48.8 Å². The number of aromatic nitrogens is 3. The molecule has 0 fully saturated rings. The summed E-state index contributed by atoms with van der Waals surface area (Å²) in [7, 11) is 0. The van der Waals surface area contributed by atoms with E-state index in [0.29, 0.717) is 6.42 Å². The molecule has 1 atom stereocenters. The molecule has 0 spiro atoms. The highest BCUT2D eigenvalue weighted by molar-refractivity contribution is 5.79. The van der Waals surface area contributed by atoms with Crippen LogP contribution in [0.4, 0.5) is 0 Å². The Balaban J connectivity index is 1.65. The number of carbonyl (C=O) groups is 1. The van der Waals surface area contributed by atoms with Gasteiger partial charge in [-0.1, -0.05) is 24.3 Å². The van der Waals surface area contributed by atoms with E-state index in [1.165, 1.54) is 0 Å². The Labute approximate surface area is 147 Å². The summed E-state index contributed by atoms with van der Waals surface area (Å²) in [4.78, 5) is 16.4. The number of nitrogens with zero attached hydrogens (tertiary/aromatic N) is 2. The lowest BCUT2D eigenvalue weighted by Gasteiger charge is -2.15. The van der Waals surface area contributed by atoms with Crippen LogP contribution in [0.25, 0.3) is 11.1 Å². The number of hydrogen-bond acceptors (Lipinski definition) is 3. The summed E-state index contributed by atoms with van der Waals surface area (Å²) in [5, 5.41) is 10.1. The van der Waals surface area contributed by atoms with Crippen LogP contribution in [0.5, 0.6) is 0 Å². The molecule has 3 aromatic rings. The van der Waals surface area contributed by atoms with Gasteiger partial charge < -0.3 is 5.32 Å². The maximum absolute atomic E-state index is 12.3. The van der Waals surface area contributed by atoms with E-state index in [1.54, 1.807) is 12.4 Å². The van der Waals surface area contributed by atoms with Crippen molar-refractivity contribution in [1.29, 1.82) is 0 Å². The zero-order valence-corrected chi connectivity index (χ0v) is 14.7. The van der Waals surface area contributed by atoms with Crippen molar-refractivity contribution in [2.75, 3.05) is 0 Å². The van der Waals surface area contributed by atoms with Gasteiger partial charge in [0, 0.05) is 23.7 Å². The maximum atomic E-state index is 12.3. The molecule has 0 aliphatic rings. The van der Waals surface area contributed by atoms with Crippen molar-refractivity contribution in [2.45, 2.75) is 33.2 Å². The number of benzene rings is 1. The van der Waals surface area contributed by atoms with Gasteiger partial charge in [-0.25, -0.2) is 0 Å². The third-order valence-electron chi connectivity index (χ3n) is 4.42. The third-order valence-corrected chi connectivity index (χ3v) is 4.42. The van der Waals surface area contributed by atoms with Gasteiger partial charge in [-0.3, -0.25) is 14.9 Å². The highest BCUT2D eigenvalue weighted by atomic mass is 16.1. The molecular weight excluding hydrogens is 312 g/mol. The quantitative estimate of drug-likeness (QED) is 0.750. The van der Waals surface area contributed by atoms with E-state index in [-0.39, 0.29) is 11.9 Å². The summed E-state index contributed by atoms with van der Waals surface area (Å²) in [6, 6.07) is 12.1. The van der Waals surface area contributed by atoms with Gasteiger partial charge in [0.2, 0.25) is 5.91 Å². The van der Waals surface area contributed by atoms with Crippen molar-refractivity contribution < 1.29 is 4.79 Å². The Bertz CT molecular complexity index is 834. The lowest BCUT2D eigenvalue weighted by molar-refractivity contribution is -0.121. The Morgan fingerprint density at radius 1 is 1.08 bits per heavy atom. The topological polar surface area (TPSA) is 70.7 Å². The van der Waals surface area contributed by atoms with Crippen molar-refractivity contribution >= 4 is 5.91 Å². The predicted octanol–water partition coefficient (Wildman–Crippen LogP) is 3.51. The first-order valence-electron chi connectivity index (χ1n) is 8.34. The van der Waals surface area contributed by atoms with Crippen LogP contribution in [-0.2, 0) is 11.2 Å². The monoisotopic (exact) mass is 334 g/mol. The molecule has 1 amide bonds. The van der Waals surface area contributed by atoms with E-state index < -0.39 is 0 Å². The molecule has 128 valence electrons. The molecule has 0 bridgehead atoms. The summed E-state index contributed by atoms with van der Waals surface area (Å²) < 4.78 is 0. The largest absolute Gasteiger partial charge is 0.349 e. The van der Waals surface area contributed by atoms with E-state index in [2.05, 4.69) is 44.8 Å². The number of H-pyrrole nitrogens is 1. The van der Waals surface area contributed by atoms with Crippen LogP contribution in [0, 0.1) is 13.8 Å². The zero-order valence-electron chi connectivity index (χ0n) is 14.7. The Kier molecular flexibility index (Phi) is 4.93. The molecule has 1 aromatic carbocycles. The molecule has 0 saturated carbocycles. The van der Waals surface area contributed by atoms with Crippen molar-refractivity contribution in [2.24, 2.45) is 0 Å². The number of aryl methyl sites for hydroxylation is 2. The molecule has 25 heavy (non-hydrogen) atoms. The Hall–Kier alpha value is -2.95. The van der Waals surface area contributed by atoms with E-state index in [0.717, 1.165) is 33.6 Å². The second kappa shape index (κ2) is 7.30. The number of amides is 1. The highest BCUT2D eigenvalue weighted by Gasteiger charge is 2.14. The first-order chi connectivity index (χ1) is 12.0. The van der Waals surface area contributed by atoms with Crippen LogP contribution in [0.1, 0.15) is 35.5 Å². The van der Waals surface area contributed by atoms with Crippen LogP contribution in [0.3, 0.4) is 0 Å². The minimum absolute atomic E-state index is 0.00156. The van der Waals surface area contributed by atoms with E-state index in [4.69, 9.17) is 0 Å². The lowest BCUT2D eigenvalue weighted by Crippen LogP contribution is -2.28. The summed E-state index contributed by atoms with van der Waals surface area (Å²) in [6.07, 6.45) is 3.91. The highest BCUT2D eigenvalue weighted by Crippen LogP contribution is 2.21. The van der Waals surface area contributed by atoms with Gasteiger partial charge >= 0.3 is 0 Å². The van der Waals surface area contributed by atoms with Crippen LogP contribution in [-0.4, -0.2) is 21.1 Å². The number of hydrogen-bond donors (Lipinski definition) is 2. The number of nitrogens with one attached hydrogen (secondary N) is 2. The van der Waals surface area contributed by atoms with E-state index in [9.17, 15) is 4.79 Å². The number of rotatable bonds is 5. The van der Waals surface area contributed by atoms with E-state index >= 15 is 0 Å². The normalized spacial score (nSPS) is 12.0. The van der Waals surface area contributed by atoms with Gasteiger partial charge in [0.25, 0.3) is 0 Å². The molecule has 0 aliphatic heterocycles. The molecule has 2 heterocycles. The average molecular weight is 334 g/mol. The van der Waals surface area contributed by atoms with Gasteiger partial charge in [0.15, 0.2) is 0 Å². The predicted molar refractivity (Wildman–Crippen MR) is 98.0 cm³/mol. The minimum Gasteiger partial charge on any atom is -0.349 e. The van der Waals surface area contributed by atoms with Gasteiger partial charge in [0.1, 0.15) is 0 Å². The molecule has 0 unspecified atom stereocenters. The zero-order chi connectivity index (χ0) is 17.8. The number of aromatic amines is 1. The number of pyridine rings is 1. The molecule has 0 saturated heterocycles. The van der Waals surface area contributed by atoms with Crippen molar-refractivity contribution in [1.82, 2.24) is 20.5 Å². The number of carbonyl (C=O) groups excluding carboxylic acids is 1. The second-order valence-corrected chi connectivity index (χ2v) is 6.24. The van der Waals surface area contributed by atoms with Gasteiger partial charge in [0.05, 0.1) is 18.2 Å². The Morgan fingerprint density at radius 2 is 1.72 bits per heavy atom. The molecule has 3 rings (SSSR count). The third kappa shape index (κ3) is 3.94. The smallest absolute Gasteiger partial charge is 0.225 e. The SMILES string of the molecule is Cc1n[nH]c(C)c1CC(=O)N[C@@H](C)c1ccc(-c2ccncc2)cc1. The molecule has 5 nitrogen and oxygen atoms in total. The molecule has 0 aliphatic carbocycles. The molecule has 2 aromatic heterocycles. The summed E-state index contributed by atoms with van der Waals surface area (Å²) in [5.41, 5.74) is 6.13. The fourth-order valence-corrected chi connectivity index (χ4v) is 2.88.